The van der Waals surface area contributed by atoms with Crippen molar-refractivity contribution in [2.75, 3.05) is 6.54 Å². The van der Waals surface area contributed by atoms with Crippen molar-refractivity contribution >= 4 is 17.2 Å². The van der Waals surface area contributed by atoms with Gasteiger partial charge in [0.15, 0.2) is 0 Å². The zero-order chi connectivity index (χ0) is 10.8. The molecule has 82 valence electrons. The van der Waals surface area contributed by atoms with E-state index in [4.69, 9.17) is 5.73 Å². The second kappa shape index (κ2) is 4.28. The molecule has 1 aliphatic rings. The molecule has 1 fully saturated rings. The van der Waals surface area contributed by atoms with E-state index < -0.39 is 0 Å². The normalized spacial score (nSPS) is 26.7. The number of thiazole rings is 1. The Labute approximate surface area is 93.1 Å². The fourth-order valence-electron chi connectivity index (χ4n) is 1.97. The van der Waals surface area contributed by atoms with E-state index in [0.29, 0.717) is 0 Å². The second-order valence-corrected chi connectivity index (χ2v) is 4.88. The highest BCUT2D eigenvalue weighted by Gasteiger charge is 2.28. The highest BCUT2D eigenvalue weighted by Crippen LogP contribution is 2.19. The predicted molar refractivity (Wildman–Crippen MR) is 59.8 cm³/mol. The molecule has 2 rings (SSSR count). The van der Waals surface area contributed by atoms with Crippen LogP contribution in [-0.2, 0) is 0 Å². The number of amides is 1. The molecule has 2 N–H and O–H groups in total. The molecule has 2 unspecified atom stereocenters. The number of aromatic nitrogens is 1. The molecule has 0 aliphatic carbocycles. The van der Waals surface area contributed by atoms with Gasteiger partial charge in [0, 0.05) is 18.6 Å². The lowest BCUT2D eigenvalue weighted by molar-refractivity contribution is 0.0624. The molecular formula is C10H15N3OS. The van der Waals surface area contributed by atoms with E-state index in [9.17, 15) is 4.79 Å². The third-order valence-electron chi connectivity index (χ3n) is 2.82. The van der Waals surface area contributed by atoms with Gasteiger partial charge in [0.1, 0.15) is 4.88 Å². The third kappa shape index (κ3) is 2.18. The monoisotopic (exact) mass is 225 g/mol. The zero-order valence-corrected chi connectivity index (χ0v) is 9.54. The highest BCUT2D eigenvalue weighted by atomic mass is 32.1. The predicted octanol–water partition coefficient (Wildman–Crippen LogP) is 1.09. The molecule has 2 heterocycles. The number of nitrogens with two attached hydrogens (primary N) is 1. The van der Waals surface area contributed by atoms with Gasteiger partial charge >= 0.3 is 0 Å². The number of hydrogen-bond acceptors (Lipinski definition) is 4. The Bertz CT molecular complexity index is 338. The summed E-state index contributed by atoms with van der Waals surface area (Å²) in [5.41, 5.74) is 7.55. The van der Waals surface area contributed by atoms with Crippen LogP contribution in [0.15, 0.2) is 11.7 Å². The lowest BCUT2D eigenvalue weighted by atomic mass is 9.99. The maximum absolute atomic E-state index is 12.0. The molecule has 0 radical (unpaired) electrons. The van der Waals surface area contributed by atoms with Gasteiger partial charge in [-0.15, -0.1) is 11.3 Å². The Morgan fingerprint density at radius 2 is 2.53 bits per heavy atom. The van der Waals surface area contributed by atoms with E-state index in [-0.39, 0.29) is 18.0 Å². The molecule has 2 atom stereocenters. The van der Waals surface area contributed by atoms with Gasteiger partial charge in [-0.2, -0.15) is 0 Å². The Morgan fingerprint density at radius 3 is 3.13 bits per heavy atom. The number of rotatable bonds is 1. The average molecular weight is 225 g/mol. The van der Waals surface area contributed by atoms with Crippen LogP contribution in [0.2, 0.25) is 0 Å². The SMILES string of the molecule is CC1CC(N)CCN1C(=O)c1cncs1. The molecule has 0 saturated carbocycles. The minimum absolute atomic E-state index is 0.0944. The molecule has 1 amide bonds. The summed E-state index contributed by atoms with van der Waals surface area (Å²) >= 11 is 1.39. The highest BCUT2D eigenvalue weighted by molar-refractivity contribution is 7.11. The van der Waals surface area contributed by atoms with Crippen molar-refractivity contribution < 1.29 is 4.79 Å². The summed E-state index contributed by atoms with van der Waals surface area (Å²) in [5, 5.41) is 0. The molecule has 5 heteroatoms. The van der Waals surface area contributed by atoms with E-state index in [2.05, 4.69) is 11.9 Å². The number of piperidine rings is 1. The maximum atomic E-state index is 12.0. The van der Waals surface area contributed by atoms with Crippen LogP contribution in [0.5, 0.6) is 0 Å². The lowest BCUT2D eigenvalue weighted by Crippen LogP contribution is -2.48. The first-order chi connectivity index (χ1) is 7.18. The van der Waals surface area contributed by atoms with Crippen molar-refractivity contribution in [3.05, 3.63) is 16.6 Å². The Kier molecular flexibility index (Phi) is 3.02. The standard InChI is InChI=1S/C10H15N3OS/c1-7-4-8(11)2-3-13(7)10(14)9-5-12-6-15-9/h5-8H,2-4,11H2,1H3. The molecule has 1 saturated heterocycles. The molecule has 1 aliphatic heterocycles. The molecular weight excluding hydrogens is 210 g/mol. The van der Waals surface area contributed by atoms with Crippen LogP contribution in [0.4, 0.5) is 0 Å². The number of hydrogen-bond donors (Lipinski definition) is 1. The fourth-order valence-corrected chi connectivity index (χ4v) is 2.55. The molecule has 0 aromatic carbocycles. The van der Waals surface area contributed by atoms with Crippen LogP contribution < -0.4 is 5.73 Å². The molecule has 0 bridgehead atoms. The van der Waals surface area contributed by atoms with Gasteiger partial charge in [0.2, 0.25) is 0 Å². The number of carbonyl (C=O) groups is 1. The second-order valence-electron chi connectivity index (χ2n) is 4.00. The van der Waals surface area contributed by atoms with Crippen molar-refractivity contribution in [2.45, 2.75) is 31.8 Å². The van der Waals surface area contributed by atoms with Crippen LogP contribution in [-0.4, -0.2) is 34.4 Å². The van der Waals surface area contributed by atoms with Crippen LogP contribution in [0.25, 0.3) is 0 Å². The minimum Gasteiger partial charge on any atom is -0.335 e. The first-order valence-electron chi connectivity index (χ1n) is 5.13. The first kappa shape index (κ1) is 10.6. The van der Waals surface area contributed by atoms with E-state index in [1.807, 2.05) is 4.90 Å². The lowest BCUT2D eigenvalue weighted by Gasteiger charge is -2.36. The summed E-state index contributed by atoms with van der Waals surface area (Å²) in [6.07, 6.45) is 3.42. The van der Waals surface area contributed by atoms with Gasteiger partial charge < -0.3 is 10.6 Å². The van der Waals surface area contributed by atoms with Gasteiger partial charge in [-0.25, -0.2) is 0 Å². The Morgan fingerprint density at radius 1 is 1.73 bits per heavy atom. The average Bonchev–Trinajstić information content (AvgIpc) is 2.69. The number of likely N-dealkylation sites (tertiary alicyclic amines) is 1. The number of nitrogens with zero attached hydrogens (tertiary/aromatic N) is 2. The van der Waals surface area contributed by atoms with Gasteiger partial charge in [-0.1, -0.05) is 0 Å². The summed E-state index contributed by atoms with van der Waals surface area (Å²) in [6, 6.07) is 0.480. The van der Waals surface area contributed by atoms with E-state index in [0.717, 1.165) is 24.3 Å². The van der Waals surface area contributed by atoms with Crippen molar-refractivity contribution in [3.8, 4) is 0 Å². The van der Waals surface area contributed by atoms with E-state index in [1.165, 1.54) is 11.3 Å². The van der Waals surface area contributed by atoms with E-state index >= 15 is 0 Å². The molecule has 15 heavy (non-hydrogen) atoms. The van der Waals surface area contributed by atoms with Gasteiger partial charge in [-0.05, 0) is 19.8 Å². The van der Waals surface area contributed by atoms with Crippen LogP contribution in [0, 0.1) is 0 Å². The van der Waals surface area contributed by atoms with Crippen molar-refractivity contribution in [1.82, 2.24) is 9.88 Å². The summed E-state index contributed by atoms with van der Waals surface area (Å²) in [5.74, 6) is 0.0944. The zero-order valence-electron chi connectivity index (χ0n) is 8.72. The van der Waals surface area contributed by atoms with Gasteiger partial charge in [-0.3, -0.25) is 9.78 Å². The van der Waals surface area contributed by atoms with Crippen molar-refractivity contribution in [3.63, 3.8) is 0 Å². The van der Waals surface area contributed by atoms with E-state index in [1.54, 1.807) is 11.7 Å². The van der Waals surface area contributed by atoms with Crippen molar-refractivity contribution in [1.29, 1.82) is 0 Å². The fraction of sp³-hybridized carbons (Fsp3) is 0.600. The first-order valence-corrected chi connectivity index (χ1v) is 6.01. The molecule has 0 spiro atoms. The van der Waals surface area contributed by atoms with Crippen LogP contribution in [0.1, 0.15) is 29.4 Å². The third-order valence-corrected chi connectivity index (χ3v) is 3.58. The molecule has 1 aromatic heterocycles. The Balaban J connectivity index is 2.08. The Hall–Kier alpha value is -0.940. The van der Waals surface area contributed by atoms with Crippen molar-refractivity contribution in [2.24, 2.45) is 5.73 Å². The van der Waals surface area contributed by atoms with Crippen LogP contribution in [0.3, 0.4) is 0 Å². The summed E-state index contributed by atoms with van der Waals surface area (Å²) in [6.45, 7) is 2.82. The largest absolute Gasteiger partial charge is 0.335 e. The number of carbonyl (C=O) groups excluding carboxylic acids is 1. The van der Waals surface area contributed by atoms with Gasteiger partial charge in [0.25, 0.3) is 5.91 Å². The summed E-state index contributed by atoms with van der Waals surface area (Å²) in [7, 11) is 0. The molecule has 1 aromatic rings. The summed E-state index contributed by atoms with van der Waals surface area (Å²) < 4.78 is 0. The maximum Gasteiger partial charge on any atom is 0.265 e. The van der Waals surface area contributed by atoms with Gasteiger partial charge in [0.05, 0.1) is 11.7 Å². The summed E-state index contributed by atoms with van der Waals surface area (Å²) in [4.78, 5) is 18.6. The van der Waals surface area contributed by atoms with Crippen LogP contribution >= 0.6 is 11.3 Å². The quantitative estimate of drug-likeness (QED) is 0.778. The minimum atomic E-state index is 0.0944. The molecule has 4 nitrogen and oxygen atoms in total. The smallest absolute Gasteiger partial charge is 0.265 e. The topological polar surface area (TPSA) is 59.2 Å².